The Morgan fingerprint density at radius 1 is 1.22 bits per heavy atom. The van der Waals surface area contributed by atoms with Gasteiger partial charge in [-0.2, -0.15) is 0 Å². The van der Waals surface area contributed by atoms with Crippen molar-refractivity contribution in [2.75, 3.05) is 32.8 Å². The first-order chi connectivity index (χ1) is 11.3. The van der Waals surface area contributed by atoms with E-state index in [0.717, 1.165) is 37.8 Å². The molecule has 3 fully saturated rings. The lowest BCUT2D eigenvalue weighted by atomic mass is 10.0. The predicted molar refractivity (Wildman–Crippen MR) is 89.3 cm³/mol. The third-order valence-corrected chi connectivity index (χ3v) is 5.71. The Bertz CT molecular complexity index is 530. The van der Waals surface area contributed by atoms with Crippen molar-refractivity contribution in [1.29, 1.82) is 0 Å². The van der Waals surface area contributed by atoms with Crippen LogP contribution < -0.4 is 5.32 Å². The van der Waals surface area contributed by atoms with E-state index >= 15 is 0 Å². The average Bonchev–Trinajstić information content (AvgIpc) is 3.01. The molecule has 0 aromatic heterocycles. The summed E-state index contributed by atoms with van der Waals surface area (Å²) in [6.45, 7) is 5.46. The normalized spacial score (nSPS) is 32.7. The van der Waals surface area contributed by atoms with Crippen LogP contribution in [0.5, 0.6) is 0 Å². The monoisotopic (exact) mass is 314 g/mol. The molecule has 1 aromatic carbocycles. The summed E-state index contributed by atoms with van der Waals surface area (Å²) >= 11 is 0. The van der Waals surface area contributed by atoms with Gasteiger partial charge in [-0.25, -0.2) is 0 Å². The fraction of sp³-hybridized carbons (Fsp3) is 0.632. The second-order valence-corrected chi connectivity index (χ2v) is 7.32. The van der Waals surface area contributed by atoms with E-state index in [1.807, 2.05) is 30.3 Å². The molecular weight excluding hydrogens is 288 g/mol. The smallest absolute Gasteiger partial charge is 0.251 e. The first-order valence-electron chi connectivity index (χ1n) is 8.97. The fourth-order valence-electron chi connectivity index (χ4n) is 4.25. The molecular formula is C19H26N2O2. The van der Waals surface area contributed by atoms with Crippen molar-refractivity contribution in [2.24, 2.45) is 17.8 Å². The van der Waals surface area contributed by atoms with E-state index in [4.69, 9.17) is 4.74 Å². The lowest BCUT2D eigenvalue weighted by Gasteiger charge is -2.20. The SMILES string of the molecule is O=C(NC1[C@H]2CN(CCCC3CCOC3)C[C@@H]12)c1ccccc1. The molecule has 0 bridgehead atoms. The predicted octanol–water partition coefficient (Wildman–Crippen LogP) is 2.16. The zero-order valence-corrected chi connectivity index (χ0v) is 13.6. The number of carbonyl (C=O) groups is 1. The van der Waals surface area contributed by atoms with Gasteiger partial charge in [0.25, 0.3) is 5.91 Å². The number of hydrogen-bond donors (Lipinski definition) is 1. The minimum atomic E-state index is 0.0813. The molecule has 124 valence electrons. The summed E-state index contributed by atoms with van der Waals surface area (Å²) in [7, 11) is 0. The lowest BCUT2D eigenvalue weighted by Crippen LogP contribution is -2.35. The topological polar surface area (TPSA) is 41.6 Å². The first kappa shape index (κ1) is 15.2. The highest BCUT2D eigenvalue weighted by Gasteiger charge is 2.56. The Kier molecular flexibility index (Phi) is 4.36. The van der Waals surface area contributed by atoms with E-state index in [9.17, 15) is 4.79 Å². The molecule has 2 saturated heterocycles. The van der Waals surface area contributed by atoms with Gasteiger partial charge in [0.05, 0.1) is 0 Å². The molecule has 1 saturated carbocycles. The molecule has 1 N–H and O–H groups in total. The molecule has 3 aliphatic rings. The van der Waals surface area contributed by atoms with Gasteiger partial charge in [0, 0.05) is 37.9 Å². The standard InChI is InChI=1S/C19H26N2O2/c22-19(15-6-2-1-3-7-15)20-18-16-11-21(12-17(16)18)9-4-5-14-8-10-23-13-14/h1-3,6-7,14,16-18H,4-5,8-13H2,(H,20,22)/t14?,16-,17+,18?. The molecule has 4 rings (SSSR count). The van der Waals surface area contributed by atoms with Crippen molar-refractivity contribution < 1.29 is 9.53 Å². The number of nitrogens with one attached hydrogen (secondary N) is 1. The van der Waals surface area contributed by atoms with E-state index in [1.165, 1.54) is 25.8 Å². The molecule has 2 aliphatic heterocycles. The molecule has 4 heteroatoms. The lowest BCUT2D eigenvalue weighted by molar-refractivity contribution is 0.0943. The van der Waals surface area contributed by atoms with Crippen LogP contribution in [0.25, 0.3) is 0 Å². The minimum Gasteiger partial charge on any atom is -0.381 e. The molecule has 0 radical (unpaired) electrons. The number of likely N-dealkylation sites (tertiary alicyclic amines) is 1. The zero-order chi connectivity index (χ0) is 15.6. The van der Waals surface area contributed by atoms with Crippen molar-refractivity contribution in [1.82, 2.24) is 10.2 Å². The van der Waals surface area contributed by atoms with Crippen molar-refractivity contribution in [2.45, 2.75) is 25.3 Å². The van der Waals surface area contributed by atoms with Gasteiger partial charge in [0.15, 0.2) is 0 Å². The molecule has 1 aromatic rings. The quantitative estimate of drug-likeness (QED) is 0.875. The van der Waals surface area contributed by atoms with Crippen LogP contribution in [0.4, 0.5) is 0 Å². The third kappa shape index (κ3) is 3.43. The van der Waals surface area contributed by atoms with Gasteiger partial charge in [-0.3, -0.25) is 4.79 Å². The molecule has 4 atom stereocenters. The number of carbonyl (C=O) groups excluding carboxylic acids is 1. The molecule has 0 spiro atoms. The largest absolute Gasteiger partial charge is 0.381 e. The van der Waals surface area contributed by atoms with Gasteiger partial charge < -0.3 is 15.0 Å². The number of nitrogens with zero attached hydrogens (tertiary/aromatic N) is 1. The van der Waals surface area contributed by atoms with Crippen LogP contribution in [-0.2, 0) is 4.74 Å². The number of ether oxygens (including phenoxy) is 1. The number of hydrogen-bond acceptors (Lipinski definition) is 3. The van der Waals surface area contributed by atoms with Crippen molar-refractivity contribution >= 4 is 5.91 Å². The van der Waals surface area contributed by atoms with Gasteiger partial charge in [-0.15, -0.1) is 0 Å². The van der Waals surface area contributed by atoms with E-state index in [0.29, 0.717) is 17.9 Å². The summed E-state index contributed by atoms with van der Waals surface area (Å²) in [6, 6.07) is 9.94. The molecule has 23 heavy (non-hydrogen) atoms. The van der Waals surface area contributed by atoms with Gasteiger partial charge >= 0.3 is 0 Å². The molecule has 1 amide bonds. The number of rotatable bonds is 6. The van der Waals surface area contributed by atoms with Crippen LogP contribution >= 0.6 is 0 Å². The molecule has 2 heterocycles. The summed E-state index contributed by atoms with van der Waals surface area (Å²) in [5, 5.41) is 3.21. The van der Waals surface area contributed by atoms with Crippen LogP contribution in [0.1, 0.15) is 29.6 Å². The molecule has 1 aliphatic carbocycles. The fourth-order valence-corrected chi connectivity index (χ4v) is 4.25. The Balaban J connectivity index is 1.16. The third-order valence-electron chi connectivity index (χ3n) is 5.71. The maximum Gasteiger partial charge on any atom is 0.251 e. The number of benzene rings is 1. The van der Waals surface area contributed by atoms with Crippen LogP contribution in [0, 0.1) is 17.8 Å². The summed E-state index contributed by atoms with van der Waals surface area (Å²) < 4.78 is 5.44. The van der Waals surface area contributed by atoms with Crippen LogP contribution in [-0.4, -0.2) is 49.7 Å². The highest BCUT2D eigenvalue weighted by Crippen LogP contribution is 2.45. The van der Waals surface area contributed by atoms with Crippen LogP contribution in [0.2, 0.25) is 0 Å². The Morgan fingerprint density at radius 2 is 2.00 bits per heavy atom. The van der Waals surface area contributed by atoms with Crippen LogP contribution in [0.15, 0.2) is 30.3 Å². The molecule has 4 nitrogen and oxygen atoms in total. The summed E-state index contributed by atoms with van der Waals surface area (Å²) in [5.41, 5.74) is 0.771. The number of piperidine rings is 1. The van der Waals surface area contributed by atoms with Gasteiger partial charge in [-0.05, 0) is 55.7 Å². The summed E-state index contributed by atoms with van der Waals surface area (Å²) in [5.74, 6) is 2.23. The first-order valence-corrected chi connectivity index (χ1v) is 8.97. The maximum atomic E-state index is 12.2. The second kappa shape index (κ2) is 6.62. The Morgan fingerprint density at radius 3 is 2.70 bits per heavy atom. The van der Waals surface area contributed by atoms with Crippen LogP contribution in [0.3, 0.4) is 0 Å². The Hall–Kier alpha value is -1.39. The van der Waals surface area contributed by atoms with E-state index in [2.05, 4.69) is 10.2 Å². The zero-order valence-electron chi connectivity index (χ0n) is 13.6. The van der Waals surface area contributed by atoms with Crippen molar-refractivity contribution in [3.63, 3.8) is 0 Å². The minimum absolute atomic E-state index is 0.0813. The van der Waals surface area contributed by atoms with E-state index < -0.39 is 0 Å². The molecule has 2 unspecified atom stereocenters. The highest BCUT2D eigenvalue weighted by molar-refractivity contribution is 5.94. The van der Waals surface area contributed by atoms with Crippen molar-refractivity contribution in [3.8, 4) is 0 Å². The van der Waals surface area contributed by atoms with Crippen molar-refractivity contribution in [3.05, 3.63) is 35.9 Å². The summed E-state index contributed by atoms with van der Waals surface area (Å²) in [4.78, 5) is 14.8. The number of fused-ring (bicyclic) bond motifs is 1. The van der Waals surface area contributed by atoms with Gasteiger partial charge in [0.1, 0.15) is 0 Å². The maximum absolute atomic E-state index is 12.2. The average molecular weight is 314 g/mol. The van der Waals surface area contributed by atoms with Gasteiger partial charge in [0.2, 0.25) is 0 Å². The van der Waals surface area contributed by atoms with E-state index in [1.54, 1.807) is 0 Å². The van der Waals surface area contributed by atoms with E-state index in [-0.39, 0.29) is 5.91 Å². The Labute approximate surface area is 138 Å². The highest BCUT2D eigenvalue weighted by atomic mass is 16.5. The second-order valence-electron chi connectivity index (χ2n) is 7.32. The number of amides is 1. The summed E-state index contributed by atoms with van der Waals surface area (Å²) in [6.07, 6.45) is 3.84. The van der Waals surface area contributed by atoms with Gasteiger partial charge in [-0.1, -0.05) is 18.2 Å².